The first-order chi connectivity index (χ1) is 11.7. The monoisotopic (exact) mass is 316 g/mol. The highest BCUT2D eigenvalue weighted by Gasteiger charge is 2.24. The fraction of sp³-hybridized carbons (Fsp3) is 0.158. The van der Waals surface area contributed by atoms with Crippen molar-refractivity contribution in [3.63, 3.8) is 0 Å². The van der Waals surface area contributed by atoms with Crippen LogP contribution in [0.2, 0.25) is 0 Å². The van der Waals surface area contributed by atoms with Gasteiger partial charge in [-0.3, -0.25) is 5.10 Å². The number of hydrogen-bond acceptors (Lipinski definition) is 4. The number of nitrogens with two attached hydrogens (primary N) is 1. The van der Waals surface area contributed by atoms with E-state index < -0.39 is 0 Å². The van der Waals surface area contributed by atoms with Crippen LogP contribution < -0.4 is 5.73 Å². The summed E-state index contributed by atoms with van der Waals surface area (Å²) >= 11 is 0. The maximum Gasteiger partial charge on any atom is 0.158 e. The summed E-state index contributed by atoms with van der Waals surface area (Å²) in [6.07, 6.45) is 2.67. The Morgan fingerprint density at radius 2 is 2.04 bits per heavy atom. The summed E-state index contributed by atoms with van der Waals surface area (Å²) in [5.74, 6) is 1.29. The second kappa shape index (κ2) is 4.71. The van der Waals surface area contributed by atoms with Crippen LogP contribution in [0, 0.1) is 0 Å². The standard InChI is InChI=1S/C19H16N4O/c1-10-6-7-12-13(8-10)16-18(20)22-23-19(16)21-17(12)15-9-11-4-2-3-5-14(11)24-15/h2-5,9H,1,6-8H2,(H3,20,21,22,23). The molecule has 0 unspecified atom stereocenters. The van der Waals surface area contributed by atoms with Crippen molar-refractivity contribution in [1.29, 1.82) is 0 Å². The number of H-pyrrole nitrogens is 1. The first kappa shape index (κ1) is 13.4. The van der Waals surface area contributed by atoms with Crippen LogP contribution >= 0.6 is 0 Å². The van der Waals surface area contributed by atoms with Gasteiger partial charge in [0.2, 0.25) is 0 Å². The smallest absolute Gasteiger partial charge is 0.158 e. The summed E-state index contributed by atoms with van der Waals surface area (Å²) in [6, 6.07) is 10.0. The van der Waals surface area contributed by atoms with Gasteiger partial charge in [-0.2, -0.15) is 5.10 Å². The summed E-state index contributed by atoms with van der Waals surface area (Å²) < 4.78 is 6.05. The van der Waals surface area contributed by atoms with E-state index in [1.807, 2.05) is 30.3 Å². The molecule has 0 saturated heterocycles. The number of rotatable bonds is 1. The van der Waals surface area contributed by atoms with Crippen LogP contribution in [0.4, 0.5) is 5.82 Å². The average molecular weight is 316 g/mol. The lowest BCUT2D eigenvalue weighted by Crippen LogP contribution is -2.09. The number of pyridine rings is 1. The Balaban J connectivity index is 1.83. The third-order valence-electron chi connectivity index (χ3n) is 4.76. The number of allylic oxidation sites excluding steroid dienone is 1. The third kappa shape index (κ3) is 1.81. The third-order valence-corrected chi connectivity index (χ3v) is 4.76. The molecule has 0 saturated carbocycles. The van der Waals surface area contributed by atoms with Gasteiger partial charge in [0.1, 0.15) is 11.3 Å². The minimum Gasteiger partial charge on any atom is -0.454 e. The minimum atomic E-state index is 0.500. The molecule has 3 heterocycles. The van der Waals surface area contributed by atoms with E-state index in [-0.39, 0.29) is 0 Å². The summed E-state index contributed by atoms with van der Waals surface area (Å²) in [7, 11) is 0. The zero-order valence-corrected chi connectivity index (χ0v) is 13.1. The van der Waals surface area contributed by atoms with E-state index in [0.717, 1.165) is 47.1 Å². The maximum atomic E-state index is 6.06. The number of hydrogen-bond donors (Lipinski definition) is 2. The van der Waals surface area contributed by atoms with E-state index in [2.05, 4.69) is 16.8 Å². The van der Waals surface area contributed by atoms with Gasteiger partial charge in [0, 0.05) is 5.39 Å². The van der Waals surface area contributed by atoms with Crippen LogP contribution in [-0.2, 0) is 12.8 Å². The van der Waals surface area contributed by atoms with Crippen LogP contribution in [0.25, 0.3) is 33.5 Å². The molecule has 0 aliphatic heterocycles. The number of nitrogens with one attached hydrogen (secondary N) is 1. The van der Waals surface area contributed by atoms with Gasteiger partial charge >= 0.3 is 0 Å². The molecular weight excluding hydrogens is 300 g/mol. The number of furan rings is 1. The van der Waals surface area contributed by atoms with Gasteiger partial charge in [-0.15, -0.1) is 0 Å². The van der Waals surface area contributed by atoms with E-state index >= 15 is 0 Å². The van der Waals surface area contributed by atoms with E-state index in [4.69, 9.17) is 15.1 Å². The Bertz CT molecular complexity index is 1090. The number of aromatic amines is 1. The lowest BCUT2D eigenvalue weighted by Gasteiger charge is -2.20. The van der Waals surface area contributed by atoms with Crippen molar-refractivity contribution in [2.75, 3.05) is 5.73 Å². The number of nitrogens with zero attached hydrogens (tertiary/aromatic N) is 2. The summed E-state index contributed by atoms with van der Waals surface area (Å²) in [5.41, 5.74) is 12.1. The molecule has 5 heteroatoms. The molecule has 4 aromatic rings. The Morgan fingerprint density at radius 3 is 2.92 bits per heavy atom. The van der Waals surface area contributed by atoms with Crippen LogP contribution in [0.3, 0.4) is 0 Å². The molecule has 3 N–H and O–H groups in total. The van der Waals surface area contributed by atoms with Gasteiger partial charge in [-0.1, -0.05) is 30.4 Å². The van der Waals surface area contributed by atoms with Gasteiger partial charge in [0.25, 0.3) is 0 Å². The number of benzene rings is 1. The van der Waals surface area contributed by atoms with E-state index in [9.17, 15) is 0 Å². The lowest BCUT2D eigenvalue weighted by atomic mass is 9.86. The molecule has 3 aromatic heterocycles. The van der Waals surface area contributed by atoms with Gasteiger partial charge in [-0.25, -0.2) is 4.98 Å². The molecule has 0 amide bonds. The van der Waals surface area contributed by atoms with Crippen LogP contribution in [-0.4, -0.2) is 15.2 Å². The molecule has 1 aliphatic carbocycles. The van der Waals surface area contributed by atoms with Crippen molar-refractivity contribution in [1.82, 2.24) is 15.2 Å². The molecule has 1 aliphatic rings. The normalized spacial score (nSPS) is 14.4. The van der Waals surface area contributed by atoms with Crippen molar-refractivity contribution >= 4 is 27.8 Å². The van der Waals surface area contributed by atoms with Crippen molar-refractivity contribution in [3.8, 4) is 11.5 Å². The summed E-state index contributed by atoms with van der Waals surface area (Å²) in [4.78, 5) is 4.78. The molecule has 5 rings (SSSR count). The molecule has 0 atom stereocenters. The predicted octanol–water partition coefficient (Wildman–Crippen LogP) is 4.00. The Hall–Kier alpha value is -3.08. The maximum absolute atomic E-state index is 6.06. The molecule has 118 valence electrons. The average Bonchev–Trinajstić information content (AvgIpc) is 3.17. The quantitative estimate of drug-likeness (QED) is 0.520. The molecule has 24 heavy (non-hydrogen) atoms. The zero-order chi connectivity index (χ0) is 16.3. The number of para-hydroxylation sites is 1. The zero-order valence-electron chi connectivity index (χ0n) is 13.1. The number of nitrogen functional groups attached to an aromatic ring is 1. The fourth-order valence-corrected chi connectivity index (χ4v) is 3.60. The molecule has 1 aromatic carbocycles. The molecule has 5 nitrogen and oxygen atoms in total. The number of aromatic nitrogens is 3. The first-order valence-corrected chi connectivity index (χ1v) is 8.01. The largest absolute Gasteiger partial charge is 0.454 e. The number of fused-ring (bicyclic) bond motifs is 4. The highest BCUT2D eigenvalue weighted by molar-refractivity contribution is 5.93. The molecule has 0 bridgehead atoms. The van der Waals surface area contributed by atoms with Crippen LogP contribution in [0.5, 0.6) is 0 Å². The first-order valence-electron chi connectivity index (χ1n) is 8.01. The molecule has 0 radical (unpaired) electrons. The van der Waals surface area contributed by atoms with Crippen molar-refractivity contribution in [2.45, 2.75) is 19.3 Å². The molecule has 0 fully saturated rings. The van der Waals surface area contributed by atoms with Crippen LogP contribution in [0.1, 0.15) is 17.5 Å². The Kier molecular flexibility index (Phi) is 2.62. The molecular formula is C19H16N4O. The summed E-state index contributed by atoms with van der Waals surface area (Å²) in [6.45, 7) is 4.16. The van der Waals surface area contributed by atoms with Crippen molar-refractivity contribution in [3.05, 3.63) is 53.6 Å². The van der Waals surface area contributed by atoms with Gasteiger partial charge in [0.15, 0.2) is 17.2 Å². The highest BCUT2D eigenvalue weighted by Crippen LogP contribution is 2.38. The van der Waals surface area contributed by atoms with Crippen molar-refractivity contribution in [2.24, 2.45) is 0 Å². The van der Waals surface area contributed by atoms with E-state index in [0.29, 0.717) is 11.5 Å². The Morgan fingerprint density at radius 1 is 1.17 bits per heavy atom. The minimum absolute atomic E-state index is 0.500. The molecule has 0 spiro atoms. The van der Waals surface area contributed by atoms with E-state index in [1.54, 1.807) is 0 Å². The van der Waals surface area contributed by atoms with Gasteiger partial charge in [-0.05, 0) is 42.5 Å². The Labute approximate surface area is 138 Å². The fourth-order valence-electron chi connectivity index (χ4n) is 3.60. The van der Waals surface area contributed by atoms with Crippen LogP contribution in [0.15, 0.2) is 46.9 Å². The second-order valence-corrected chi connectivity index (χ2v) is 6.33. The summed E-state index contributed by atoms with van der Waals surface area (Å²) in [5, 5.41) is 9.07. The van der Waals surface area contributed by atoms with Gasteiger partial charge in [0.05, 0.1) is 5.39 Å². The van der Waals surface area contributed by atoms with Gasteiger partial charge < -0.3 is 10.2 Å². The second-order valence-electron chi connectivity index (χ2n) is 6.33. The predicted molar refractivity (Wildman–Crippen MR) is 94.7 cm³/mol. The SMILES string of the molecule is C=C1CCc2c(-c3cc4ccccc4o3)nc3[nH]nc(N)c3c2C1. The number of anilines is 1. The van der Waals surface area contributed by atoms with Crippen molar-refractivity contribution < 1.29 is 4.42 Å². The topological polar surface area (TPSA) is 80.7 Å². The highest BCUT2D eigenvalue weighted by atomic mass is 16.3. The lowest BCUT2D eigenvalue weighted by molar-refractivity contribution is 0.626. The van der Waals surface area contributed by atoms with E-state index in [1.165, 1.54) is 16.7 Å².